The van der Waals surface area contributed by atoms with Crippen molar-refractivity contribution in [2.75, 3.05) is 11.8 Å². The molecule has 0 bridgehead atoms. The van der Waals surface area contributed by atoms with Crippen molar-refractivity contribution >= 4 is 37.3 Å². The van der Waals surface area contributed by atoms with Gasteiger partial charge in [0.1, 0.15) is 11.5 Å². The van der Waals surface area contributed by atoms with E-state index >= 15 is 0 Å². The van der Waals surface area contributed by atoms with E-state index in [1.807, 2.05) is 54.6 Å². The number of rotatable bonds is 5. The van der Waals surface area contributed by atoms with E-state index in [-0.39, 0.29) is 10.6 Å². The van der Waals surface area contributed by atoms with Crippen molar-refractivity contribution in [3.8, 4) is 22.6 Å². The SMILES string of the molecule is COc1ccc(S(=O)(=O)Nc2cc(-c3c(O)ccc4ccccc34)[c]c3ccccc23)cc1. The van der Waals surface area contributed by atoms with E-state index < -0.39 is 10.0 Å². The molecule has 0 fully saturated rings. The molecule has 0 saturated carbocycles. The molecule has 163 valence electrons. The molecule has 0 aliphatic carbocycles. The summed E-state index contributed by atoms with van der Waals surface area (Å²) in [4.78, 5) is 0.120. The van der Waals surface area contributed by atoms with Gasteiger partial charge in [0.05, 0.1) is 17.7 Å². The summed E-state index contributed by atoms with van der Waals surface area (Å²) in [6.07, 6.45) is 0. The topological polar surface area (TPSA) is 75.6 Å². The summed E-state index contributed by atoms with van der Waals surface area (Å²) in [5.41, 5.74) is 1.60. The molecule has 0 aliphatic rings. The summed E-state index contributed by atoms with van der Waals surface area (Å²) in [5.74, 6) is 0.673. The predicted molar refractivity (Wildman–Crippen MR) is 131 cm³/mol. The van der Waals surface area contributed by atoms with E-state index in [0.717, 1.165) is 16.2 Å². The van der Waals surface area contributed by atoms with Crippen molar-refractivity contribution in [3.05, 3.63) is 97.1 Å². The number of nitrogens with one attached hydrogen (secondary N) is 1. The number of sulfonamides is 1. The van der Waals surface area contributed by atoms with Crippen LogP contribution in [0.3, 0.4) is 0 Å². The molecule has 6 heteroatoms. The Morgan fingerprint density at radius 1 is 0.848 bits per heavy atom. The number of benzene rings is 5. The molecule has 33 heavy (non-hydrogen) atoms. The lowest BCUT2D eigenvalue weighted by Crippen LogP contribution is -2.13. The second-order valence-electron chi connectivity index (χ2n) is 7.60. The van der Waals surface area contributed by atoms with E-state index in [9.17, 15) is 13.5 Å². The van der Waals surface area contributed by atoms with E-state index in [1.54, 1.807) is 24.3 Å². The van der Waals surface area contributed by atoms with Crippen LogP contribution < -0.4 is 9.46 Å². The van der Waals surface area contributed by atoms with E-state index in [1.165, 1.54) is 19.2 Å². The maximum absolute atomic E-state index is 13.2. The molecule has 0 atom stereocenters. The number of aromatic hydroxyl groups is 1. The number of fused-ring (bicyclic) bond motifs is 2. The van der Waals surface area contributed by atoms with Crippen LogP contribution in [-0.4, -0.2) is 20.6 Å². The Kier molecular flexibility index (Phi) is 5.15. The highest BCUT2D eigenvalue weighted by Gasteiger charge is 2.18. The third-order valence-electron chi connectivity index (χ3n) is 5.57. The monoisotopic (exact) mass is 454 g/mol. The zero-order chi connectivity index (χ0) is 23.0. The van der Waals surface area contributed by atoms with Gasteiger partial charge in [0.25, 0.3) is 10.0 Å². The van der Waals surface area contributed by atoms with Crippen LogP contribution in [0.4, 0.5) is 5.69 Å². The number of anilines is 1. The number of phenolic OH excluding ortho intramolecular Hbond substituents is 1. The second-order valence-corrected chi connectivity index (χ2v) is 9.29. The highest BCUT2D eigenvalue weighted by molar-refractivity contribution is 7.92. The van der Waals surface area contributed by atoms with E-state index in [4.69, 9.17) is 4.74 Å². The van der Waals surface area contributed by atoms with Crippen molar-refractivity contribution in [1.82, 2.24) is 0 Å². The van der Waals surface area contributed by atoms with Gasteiger partial charge in [-0.2, -0.15) is 0 Å². The minimum Gasteiger partial charge on any atom is -0.507 e. The first-order valence-electron chi connectivity index (χ1n) is 10.3. The van der Waals surface area contributed by atoms with Gasteiger partial charge >= 0.3 is 0 Å². The molecule has 5 rings (SSSR count). The molecule has 2 N–H and O–H groups in total. The molecule has 1 radical (unpaired) electrons. The summed E-state index contributed by atoms with van der Waals surface area (Å²) in [7, 11) is -2.34. The van der Waals surface area contributed by atoms with Crippen LogP contribution >= 0.6 is 0 Å². The Balaban J connectivity index is 1.69. The van der Waals surface area contributed by atoms with Gasteiger partial charge in [0.2, 0.25) is 0 Å². The molecular formula is C27H20NO4S. The van der Waals surface area contributed by atoms with Gasteiger partial charge in [-0.05, 0) is 64.2 Å². The average molecular weight is 455 g/mol. The van der Waals surface area contributed by atoms with Gasteiger partial charge in [0.15, 0.2) is 0 Å². The third kappa shape index (κ3) is 3.85. The Morgan fingerprint density at radius 2 is 1.55 bits per heavy atom. The molecular weight excluding hydrogens is 434 g/mol. The zero-order valence-corrected chi connectivity index (χ0v) is 18.6. The van der Waals surface area contributed by atoms with Gasteiger partial charge in [-0.15, -0.1) is 0 Å². The van der Waals surface area contributed by atoms with Crippen LogP contribution in [0.1, 0.15) is 0 Å². The fourth-order valence-electron chi connectivity index (χ4n) is 3.95. The Labute approximate surface area is 191 Å². The van der Waals surface area contributed by atoms with Crippen LogP contribution in [0.5, 0.6) is 11.5 Å². The molecule has 5 nitrogen and oxygen atoms in total. The van der Waals surface area contributed by atoms with Crippen molar-refractivity contribution in [1.29, 1.82) is 0 Å². The van der Waals surface area contributed by atoms with Gasteiger partial charge in [-0.25, -0.2) is 8.42 Å². The minimum absolute atomic E-state index is 0.101. The first kappa shape index (κ1) is 20.8. The first-order valence-corrected chi connectivity index (χ1v) is 11.8. The maximum atomic E-state index is 13.2. The number of hydrogen-bond acceptors (Lipinski definition) is 4. The molecule has 0 unspecified atom stereocenters. The predicted octanol–water partition coefficient (Wildman–Crippen LogP) is 5.98. The van der Waals surface area contributed by atoms with Crippen LogP contribution in [0.15, 0.2) is 95.9 Å². The van der Waals surface area contributed by atoms with Crippen molar-refractivity contribution in [3.63, 3.8) is 0 Å². The van der Waals surface area contributed by atoms with Gasteiger partial charge in [0, 0.05) is 10.9 Å². The Hall–Kier alpha value is -4.03. The maximum Gasteiger partial charge on any atom is 0.261 e. The van der Waals surface area contributed by atoms with Crippen molar-refractivity contribution < 1.29 is 18.3 Å². The highest BCUT2D eigenvalue weighted by Crippen LogP contribution is 2.39. The summed E-state index contributed by atoms with van der Waals surface area (Å²) in [5, 5.41) is 14.0. The molecule has 0 spiro atoms. The number of methoxy groups -OCH3 is 1. The average Bonchev–Trinajstić information content (AvgIpc) is 2.83. The van der Waals surface area contributed by atoms with Gasteiger partial charge < -0.3 is 9.84 Å². The second kappa shape index (κ2) is 8.15. The fraction of sp³-hybridized carbons (Fsp3) is 0.0370. The summed E-state index contributed by atoms with van der Waals surface area (Å²) in [6, 6.07) is 29.9. The summed E-state index contributed by atoms with van der Waals surface area (Å²) in [6.45, 7) is 0. The molecule has 5 aromatic rings. The Bertz CT molecular complexity index is 1590. The normalized spacial score (nSPS) is 11.5. The molecule has 5 aromatic carbocycles. The van der Waals surface area contributed by atoms with Crippen LogP contribution in [-0.2, 0) is 10.0 Å². The van der Waals surface area contributed by atoms with Crippen molar-refractivity contribution in [2.24, 2.45) is 0 Å². The summed E-state index contributed by atoms with van der Waals surface area (Å²) < 4.78 is 34.2. The highest BCUT2D eigenvalue weighted by atomic mass is 32.2. The quantitative estimate of drug-likeness (QED) is 0.343. The molecule has 0 aromatic heterocycles. The van der Waals surface area contributed by atoms with Gasteiger partial charge in [-0.3, -0.25) is 4.72 Å². The smallest absolute Gasteiger partial charge is 0.261 e. The van der Waals surface area contributed by atoms with Crippen molar-refractivity contribution in [2.45, 2.75) is 4.90 Å². The summed E-state index contributed by atoms with van der Waals surface area (Å²) >= 11 is 0. The molecule has 0 amide bonds. The lowest BCUT2D eigenvalue weighted by atomic mass is 9.94. The third-order valence-corrected chi connectivity index (χ3v) is 6.95. The fourth-order valence-corrected chi connectivity index (χ4v) is 5.02. The number of ether oxygens (including phenoxy) is 1. The Morgan fingerprint density at radius 3 is 2.30 bits per heavy atom. The van der Waals surface area contributed by atoms with Crippen LogP contribution in [0.2, 0.25) is 0 Å². The van der Waals surface area contributed by atoms with Gasteiger partial charge in [-0.1, -0.05) is 54.6 Å². The van der Waals surface area contributed by atoms with E-state index in [2.05, 4.69) is 10.8 Å². The molecule has 0 aliphatic heterocycles. The lowest BCUT2D eigenvalue weighted by molar-refractivity contribution is 0.414. The van der Waals surface area contributed by atoms with Crippen LogP contribution in [0, 0.1) is 6.07 Å². The lowest BCUT2D eigenvalue weighted by Gasteiger charge is -2.15. The molecule has 0 saturated heterocycles. The largest absolute Gasteiger partial charge is 0.507 e. The first-order chi connectivity index (χ1) is 16.0. The number of hydrogen-bond donors (Lipinski definition) is 2. The standard InChI is InChI=1S/C27H20NO4S/c1-32-21-11-13-22(14-12-21)33(30,31)28-25-17-20(16-19-7-3-4-8-23(19)25)27-24-9-5-2-6-18(24)10-15-26(27)29/h2-15,17,28-29H,1H3. The minimum atomic E-state index is -3.86. The molecule has 0 heterocycles. The number of phenols is 1. The zero-order valence-electron chi connectivity index (χ0n) is 17.7. The van der Waals surface area contributed by atoms with Crippen LogP contribution in [0.25, 0.3) is 32.7 Å². The van der Waals surface area contributed by atoms with E-state index in [0.29, 0.717) is 28.0 Å².